The summed E-state index contributed by atoms with van der Waals surface area (Å²) in [6, 6.07) is 13.5. The number of aromatic nitrogens is 3. The van der Waals surface area contributed by atoms with Gasteiger partial charge in [-0.1, -0.05) is 19.1 Å². The second-order valence-corrected chi connectivity index (χ2v) is 11.5. The number of likely N-dealkylation sites (tertiary alicyclic amines) is 1. The van der Waals surface area contributed by atoms with Crippen LogP contribution in [0.15, 0.2) is 70.7 Å². The number of sulfone groups is 1. The van der Waals surface area contributed by atoms with Gasteiger partial charge in [-0.05, 0) is 80.2 Å². The number of pyridine rings is 3. The summed E-state index contributed by atoms with van der Waals surface area (Å²) in [5, 5.41) is 4.44. The molecule has 186 valence electrons. The van der Waals surface area contributed by atoms with Crippen LogP contribution in [0.4, 0.5) is 11.5 Å². The number of H-pyrrole nitrogens is 1. The van der Waals surface area contributed by atoms with Crippen LogP contribution in [0, 0.1) is 0 Å². The van der Waals surface area contributed by atoms with Crippen molar-refractivity contribution < 1.29 is 8.42 Å². The first kappa shape index (κ1) is 24.1. The number of nitrogens with one attached hydrogen (secondary N) is 2. The van der Waals surface area contributed by atoms with E-state index in [1.54, 1.807) is 37.5 Å². The molecule has 5 rings (SSSR count). The van der Waals surface area contributed by atoms with Crippen LogP contribution in [0.25, 0.3) is 22.0 Å². The second-order valence-electron chi connectivity index (χ2n) is 9.26. The lowest BCUT2D eigenvalue weighted by atomic mass is 9.89. The Labute approximate surface area is 210 Å². The van der Waals surface area contributed by atoms with Crippen molar-refractivity contribution >= 4 is 32.1 Å². The first-order valence-electron chi connectivity index (χ1n) is 12.1. The van der Waals surface area contributed by atoms with Crippen molar-refractivity contribution in [3.05, 3.63) is 77.0 Å². The third kappa shape index (κ3) is 4.89. The second kappa shape index (κ2) is 9.83. The molecule has 0 bridgehead atoms. The summed E-state index contributed by atoms with van der Waals surface area (Å²) in [5.74, 6) is 0.943. The first-order chi connectivity index (χ1) is 17.3. The number of piperidine rings is 1. The van der Waals surface area contributed by atoms with Gasteiger partial charge in [-0.15, -0.1) is 0 Å². The molecular weight excluding hydrogens is 474 g/mol. The van der Waals surface area contributed by atoms with E-state index in [9.17, 15) is 13.2 Å². The van der Waals surface area contributed by atoms with Crippen molar-refractivity contribution in [2.75, 3.05) is 31.2 Å². The summed E-state index contributed by atoms with van der Waals surface area (Å²) in [6.07, 6.45) is 6.81. The normalized spacial score (nSPS) is 15.3. The fourth-order valence-electron chi connectivity index (χ4n) is 4.67. The largest absolute Gasteiger partial charge is 0.340 e. The molecule has 4 heterocycles. The van der Waals surface area contributed by atoms with Crippen LogP contribution in [0.1, 0.15) is 31.2 Å². The van der Waals surface area contributed by atoms with Crippen molar-refractivity contribution in [2.45, 2.75) is 30.6 Å². The Morgan fingerprint density at radius 3 is 2.56 bits per heavy atom. The van der Waals surface area contributed by atoms with Crippen molar-refractivity contribution in [1.82, 2.24) is 19.9 Å². The summed E-state index contributed by atoms with van der Waals surface area (Å²) in [4.78, 5) is 26.8. The maximum Gasteiger partial charge on any atom is 0.259 e. The summed E-state index contributed by atoms with van der Waals surface area (Å²) >= 11 is 0. The zero-order valence-electron chi connectivity index (χ0n) is 20.4. The van der Waals surface area contributed by atoms with Crippen molar-refractivity contribution in [1.29, 1.82) is 0 Å². The lowest BCUT2D eigenvalue weighted by Gasteiger charge is -2.29. The monoisotopic (exact) mass is 503 g/mol. The van der Waals surface area contributed by atoms with Gasteiger partial charge in [0.05, 0.1) is 21.7 Å². The molecule has 0 aliphatic carbocycles. The molecule has 1 aliphatic rings. The molecule has 0 spiro atoms. The Morgan fingerprint density at radius 1 is 1.08 bits per heavy atom. The molecular formula is C27H29N5O3S. The molecule has 0 unspecified atom stereocenters. The predicted octanol–water partition coefficient (Wildman–Crippen LogP) is 4.33. The minimum absolute atomic E-state index is 0.0149. The van der Waals surface area contributed by atoms with Crippen LogP contribution >= 0.6 is 0 Å². The van der Waals surface area contributed by atoms with Gasteiger partial charge in [-0.2, -0.15) is 0 Å². The fourth-order valence-corrected chi connectivity index (χ4v) is 5.53. The topological polar surface area (TPSA) is 108 Å². The molecule has 36 heavy (non-hydrogen) atoms. The molecule has 1 saturated heterocycles. The average Bonchev–Trinajstić information content (AvgIpc) is 2.89. The highest BCUT2D eigenvalue weighted by atomic mass is 32.2. The number of fused-ring (bicyclic) bond motifs is 1. The molecule has 8 nitrogen and oxygen atoms in total. The van der Waals surface area contributed by atoms with E-state index in [4.69, 9.17) is 4.98 Å². The zero-order chi connectivity index (χ0) is 25.3. The van der Waals surface area contributed by atoms with E-state index < -0.39 is 9.84 Å². The molecule has 9 heteroatoms. The van der Waals surface area contributed by atoms with Crippen LogP contribution in [-0.4, -0.2) is 54.2 Å². The molecule has 0 amide bonds. The van der Waals surface area contributed by atoms with Crippen molar-refractivity contribution in [3.8, 4) is 11.3 Å². The van der Waals surface area contributed by atoms with E-state index in [0.29, 0.717) is 33.8 Å². The van der Waals surface area contributed by atoms with E-state index in [0.717, 1.165) is 31.6 Å². The van der Waals surface area contributed by atoms with Gasteiger partial charge in [0.1, 0.15) is 5.82 Å². The van der Waals surface area contributed by atoms with Crippen LogP contribution in [0.2, 0.25) is 0 Å². The SMILES string of the molecule is CCS(=O)(=O)c1cncc(-c2cc3cc[nH]c(=O)c3c(Nc3ccc(C4CCN(C)CC4)cc3)n2)c1. The van der Waals surface area contributed by atoms with Gasteiger partial charge in [0.25, 0.3) is 5.56 Å². The van der Waals surface area contributed by atoms with Crippen LogP contribution in [0.5, 0.6) is 0 Å². The summed E-state index contributed by atoms with van der Waals surface area (Å²) < 4.78 is 24.8. The van der Waals surface area contributed by atoms with Crippen LogP contribution in [0.3, 0.4) is 0 Å². The number of anilines is 2. The average molecular weight is 504 g/mol. The smallest absolute Gasteiger partial charge is 0.259 e. The van der Waals surface area contributed by atoms with Gasteiger partial charge in [-0.25, -0.2) is 13.4 Å². The Balaban J connectivity index is 1.52. The third-order valence-electron chi connectivity index (χ3n) is 6.87. The number of benzene rings is 1. The molecule has 2 N–H and O–H groups in total. The summed E-state index contributed by atoms with van der Waals surface area (Å²) in [7, 11) is -1.26. The fraction of sp³-hybridized carbons (Fsp3) is 0.296. The van der Waals surface area contributed by atoms with Crippen molar-refractivity contribution in [2.24, 2.45) is 0 Å². The Morgan fingerprint density at radius 2 is 1.83 bits per heavy atom. The minimum Gasteiger partial charge on any atom is -0.340 e. The van der Waals surface area contributed by atoms with Gasteiger partial charge < -0.3 is 15.2 Å². The van der Waals surface area contributed by atoms with E-state index in [2.05, 4.69) is 39.4 Å². The lowest BCUT2D eigenvalue weighted by Crippen LogP contribution is -2.29. The third-order valence-corrected chi connectivity index (χ3v) is 8.57. The van der Waals surface area contributed by atoms with Crippen LogP contribution < -0.4 is 10.9 Å². The highest BCUT2D eigenvalue weighted by molar-refractivity contribution is 7.91. The number of aromatic amines is 1. The first-order valence-corrected chi connectivity index (χ1v) is 13.8. The van der Waals surface area contributed by atoms with Gasteiger partial charge in [0, 0.05) is 29.8 Å². The molecule has 1 aliphatic heterocycles. The van der Waals surface area contributed by atoms with Crippen molar-refractivity contribution in [3.63, 3.8) is 0 Å². The van der Waals surface area contributed by atoms with Gasteiger partial charge in [0.2, 0.25) is 0 Å². The van der Waals surface area contributed by atoms with E-state index in [1.807, 2.05) is 12.1 Å². The van der Waals surface area contributed by atoms with Gasteiger partial charge in [0.15, 0.2) is 9.84 Å². The summed E-state index contributed by atoms with van der Waals surface area (Å²) in [5.41, 5.74) is 2.98. The lowest BCUT2D eigenvalue weighted by molar-refractivity contribution is 0.255. The standard InChI is InChI=1S/C27H29N5O3S/c1-3-36(34,35)23-14-21(16-28-17-23)24-15-20-8-11-29-27(33)25(20)26(31-24)30-22-6-4-18(5-7-22)19-9-12-32(2)13-10-19/h4-8,11,14-17,19H,3,9-10,12-13H2,1-2H3,(H,29,33)(H,30,31). The van der Waals surface area contributed by atoms with E-state index in [-0.39, 0.29) is 16.2 Å². The molecule has 1 aromatic carbocycles. The number of nitrogens with zero attached hydrogens (tertiary/aromatic N) is 3. The molecule has 3 aromatic heterocycles. The molecule has 0 atom stereocenters. The van der Waals surface area contributed by atoms with E-state index >= 15 is 0 Å². The predicted molar refractivity (Wildman–Crippen MR) is 143 cm³/mol. The molecule has 1 fully saturated rings. The zero-order valence-corrected chi connectivity index (χ0v) is 21.2. The quantitative estimate of drug-likeness (QED) is 0.403. The molecule has 4 aromatic rings. The Kier molecular flexibility index (Phi) is 6.59. The van der Waals surface area contributed by atoms with E-state index in [1.165, 1.54) is 11.8 Å². The Hall–Kier alpha value is -3.56. The number of rotatable bonds is 6. The van der Waals surface area contributed by atoms with Gasteiger partial charge in [-0.3, -0.25) is 9.78 Å². The number of hydrogen-bond acceptors (Lipinski definition) is 7. The maximum absolute atomic E-state index is 12.7. The highest BCUT2D eigenvalue weighted by Crippen LogP contribution is 2.31. The summed E-state index contributed by atoms with van der Waals surface area (Å²) in [6.45, 7) is 3.81. The van der Waals surface area contributed by atoms with Crippen LogP contribution in [-0.2, 0) is 9.84 Å². The highest BCUT2D eigenvalue weighted by Gasteiger charge is 2.19. The Bertz CT molecular complexity index is 1560. The van der Waals surface area contributed by atoms with Gasteiger partial charge >= 0.3 is 0 Å². The molecule has 0 radical (unpaired) electrons. The number of hydrogen-bond donors (Lipinski definition) is 2. The maximum atomic E-state index is 12.7. The minimum atomic E-state index is -3.42. The molecule has 0 saturated carbocycles.